The van der Waals surface area contributed by atoms with Gasteiger partial charge in [-0.1, -0.05) is 23.7 Å². The Balaban J connectivity index is 2.39. The van der Waals surface area contributed by atoms with E-state index in [4.69, 9.17) is 32.3 Å². The highest BCUT2D eigenvalue weighted by Gasteiger charge is 2.14. The van der Waals surface area contributed by atoms with E-state index in [0.29, 0.717) is 11.3 Å². The van der Waals surface area contributed by atoms with E-state index < -0.39 is 9.05 Å². The number of hydrogen-bond acceptors (Lipinski definition) is 4. The summed E-state index contributed by atoms with van der Waals surface area (Å²) in [5.74, 6) is 0.566. The van der Waals surface area contributed by atoms with Gasteiger partial charge in [0.15, 0.2) is 0 Å². The number of hydrogen-bond donors (Lipinski definition) is 0. The lowest BCUT2D eigenvalue weighted by molar-refractivity contribution is 0.481. The van der Waals surface area contributed by atoms with Gasteiger partial charge in [-0.2, -0.15) is 5.26 Å². The number of nitrogens with zero attached hydrogens (tertiary/aromatic N) is 1. The summed E-state index contributed by atoms with van der Waals surface area (Å²) in [4.78, 5) is -0.120. The standard InChI is InChI=1S/C13H7Cl2NO3S/c14-11-7-10(20(15,17)18)5-6-13(11)19-12-4-2-1-3-9(12)8-16/h1-7H. The van der Waals surface area contributed by atoms with Gasteiger partial charge in [-0.3, -0.25) is 0 Å². The molecule has 0 amide bonds. The van der Waals surface area contributed by atoms with Crippen molar-refractivity contribution < 1.29 is 13.2 Å². The molecule has 2 aromatic rings. The van der Waals surface area contributed by atoms with Crippen LogP contribution >= 0.6 is 22.3 Å². The second-order valence-corrected chi connectivity index (χ2v) is 6.71. The molecular weight excluding hydrogens is 321 g/mol. The first-order chi connectivity index (χ1) is 9.41. The lowest BCUT2D eigenvalue weighted by atomic mass is 10.2. The number of nitriles is 1. The molecule has 0 aliphatic rings. The predicted molar refractivity (Wildman–Crippen MR) is 75.7 cm³/mol. The minimum atomic E-state index is -3.85. The van der Waals surface area contributed by atoms with Gasteiger partial charge >= 0.3 is 0 Å². The first-order valence-electron chi connectivity index (χ1n) is 5.33. The Morgan fingerprint density at radius 2 is 1.80 bits per heavy atom. The molecule has 0 fully saturated rings. The van der Waals surface area contributed by atoms with Crippen LogP contribution in [-0.4, -0.2) is 8.42 Å². The van der Waals surface area contributed by atoms with Gasteiger partial charge in [-0.05, 0) is 30.3 Å². The lowest BCUT2D eigenvalue weighted by Crippen LogP contribution is -1.93. The summed E-state index contributed by atoms with van der Waals surface area (Å²) in [6.07, 6.45) is 0. The van der Waals surface area contributed by atoms with Gasteiger partial charge in [-0.15, -0.1) is 0 Å². The smallest absolute Gasteiger partial charge is 0.261 e. The molecule has 2 rings (SSSR count). The maximum atomic E-state index is 11.2. The highest BCUT2D eigenvalue weighted by Crippen LogP contribution is 2.33. The Kier molecular flexibility index (Phi) is 4.19. The molecule has 0 bridgehead atoms. The quantitative estimate of drug-likeness (QED) is 0.801. The van der Waals surface area contributed by atoms with Gasteiger partial charge in [0.1, 0.15) is 17.6 Å². The fourth-order valence-electron chi connectivity index (χ4n) is 1.48. The van der Waals surface area contributed by atoms with Crippen molar-refractivity contribution in [3.05, 3.63) is 53.1 Å². The van der Waals surface area contributed by atoms with E-state index in [0.717, 1.165) is 0 Å². The second kappa shape index (κ2) is 5.71. The van der Waals surface area contributed by atoms with Crippen LogP contribution in [0.4, 0.5) is 0 Å². The van der Waals surface area contributed by atoms with Crippen LogP contribution in [0.5, 0.6) is 11.5 Å². The predicted octanol–water partition coefficient (Wildman–Crippen LogP) is 3.93. The van der Waals surface area contributed by atoms with Crippen molar-refractivity contribution >= 4 is 31.3 Å². The SMILES string of the molecule is N#Cc1ccccc1Oc1ccc(S(=O)(=O)Cl)cc1Cl. The van der Waals surface area contributed by atoms with Crippen LogP contribution in [0.25, 0.3) is 0 Å². The highest BCUT2D eigenvalue weighted by atomic mass is 35.7. The molecule has 0 unspecified atom stereocenters. The number of para-hydroxylation sites is 1. The van der Waals surface area contributed by atoms with Crippen molar-refractivity contribution in [2.45, 2.75) is 4.90 Å². The van der Waals surface area contributed by atoms with Crippen LogP contribution < -0.4 is 4.74 Å². The summed E-state index contributed by atoms with van der Waals surface area (Å²) in [6, 6.07) is 12.5. The Labute approximate surface area is 125 Å². The van der Waals surface area contributed by atoms with E-state index in [-0.39, 0.29) is 15.7 Å². The van der Waals surface area contributed by atoms with Crippen molar-refractivity contribution in [2.24, 2.45) is 0 Å². The van der Waals surface area contributed by atoms with E-state index >= 15 is 0 Å². The molecule has 7 heteroatoms. The van der Waals surface area contributed by atoms with Crippen molar-refractivity contribution in [3.63, 3.8) is 0 Å². The molecule has 0 radical (unpaired) electrons. The first-order valence-corrected chi connectivity index (χ1v) is 8.02. The molecule has 20 heavy (non-hydrogen) atoms. The molecule has 0 saturated carbocycles. The zero-order chi connectivity index (χ0) is 14.8. The number of benzene rings is 2. The molecule has 0 spiro atoms. The van der Waals surface area contributed by atoms with Gasteiger partial charge < -0.3 is 4.74 Å². The molecule has 0 aromatic heterocycles. The third kappa shape index (κ3) is 3.23. The third-order valence-electron chi connectivity index (χ3n) is 2.41. The number of ether oxygens (including phenoxy) is 1. The van der Waals surface area contributed by atoms with E-state index in [1.165, 1.54) is 18.2 Å². The summed E-state index contributed by atoms with van der Waals surface area (Å²) in [6.45, 7) is 0. The van der Waals surface area contributed by atoms with E-state index in [1.54, 1.807) is 24.3 Å². The average molecular weight is 328 g/mol. The van der Waals surface area contributed by atoms with Crippen molar-refractivity contribution in [1.29, 1.82) is 5.26 Å². The van der Waals surface area contributed by atoms with Gasteiger partial charge in [0, 0.05) is 10.7 Å². The van der Waals surface area contributed by atoms with Crippen LogP contribution in [0.3, 0.4) is 0 Å². The summed E-state index contributed by atoms with van der Waals surface area (Å²) in [7, 11) is 1.37. The van der Waals surface area contributed by atoms with Crippen molar-refractivity contribution in [3.8, 4) is 17.6 Å². The third-order valence-corrected chi connectivity index (χ3v) is 4.06. The van der Waals surface area contributed by atoms with Crippen LogP contribution in [-0.2, 0) is 9.05 Å². The van der Waals surface area contributed by atoms with Crippen molar-refractivity contribution in [1.82, 2.24) is 0 Å². The molecule has 2 aromatic carbocycles. The fraction of sp³-hybridized carbons (Fsp3) is 0. The topological polar surface area (TPSA) is 67.2 Å². The van der Waals surface area contributed by atoms with Crippen LogP contribution in [0.15, 0.2) is 47.4 Å². The largest absolute Gasteiger partial charge is 0.454 e. The van der Waals surface area contributed by atoms with Crippen LogP contribution in [0, 0.1) is 11.3 Å². The fourth-order valence-corrected chi connectivity index (χ4v) is 2.54. The molecule has 0 aliphatic carbocycles. The molecule has 0 heterocycles. The zero-order valence-corrected chi connectivity index (χ0v) is 12.2. The molecular formula is C13H7Cl2NO3S. The Morgan fingerprint density at radius 1 is 1.10 bits per heavy atom. The van der Waals surface area contributed by atoms with Gasteiger partial charge in [0.05, 0.1) is 15.5 Å². The minimum absolute atomic E-state index is 0.0828. The number of halogens is 2. The molecule has 102 valence electrons. The van der Waals surface area contributed by atoms with E-state index in [1.807, 2.05) is 6.07 Å². The Hall–Kier alpha value is -1.74. The molecule has 0 aliphatic heterocycles. The maximum Gasteiger partial charge on any atom is 0.261 e. The van der Waals surface area contributed by atoms with E-state index in [9.17, 15) is 8.42 Å². The van der Waals surface area contributed by atoms with Gasteiger partial charge in [0.2, 0.25) is 0 Å². The summed E-state index contributed by atoms with van der Waals surface area (Å²) in [5.41, 5.74) is 0.345. The van der Waals surface area contributed by atoms with Crippen LogP contribution in [0.1, 0.15) is 5.56 Å². The highest BCUT2D eigenvalue weighted by molar-refractivity contribution is 8.13. The van der Waals surface area contributed by atoms with Crippen molar-refractivity contribution in [2.75, 3.05) is 0 Å². The Bertz CT molecular complexity index is 798. The first kappa shape index (κ1) is 14.7. The second-order valence-electron chi connectivity index (χ2n) is 3.74. The van der Waals surface area contributed by atoms with Gasteiger partial charge in [0.25, 0.3) is 9.05 Å². The van der Waals surface area contributed by atoms with Gasteiger partial charge in [-0.25, -0.2) is 8.42 Å². The van der Waals surface area contributed by atoms with Crippen LogP contribution in [0.2, 0.25) is 5.02 Å². The Morgan fingerprint density at radius 3 is 2.40 bits per heavy atom. The molecule has 4 nitrogen and oxygen atoms in total. The normalized spacial score (nSPS) is 10.8. The minimum Gasteiger partial charge on any atom is -0.454 e. The molecule has 0 atom stereocenters. The monoisotopic (exact) mass is 327 g/mol. The summed E-state index contributed by atoms with van der Waals surface area (Å²) < 4.78 is 27.9. The summed E-state index contributed by atoms with van der Waals surface area (Å²) >= 11 is 5.95. The molecule has 0 N–H and O–H groups in total. The van der Waals surface area contributed by atoms with E-state index in [2.05, 4.69) is 0 Å². The zero-order valence-electron chi connectivity index (χ0n) is 9.88. The maximum absolute atomic E-state index is 11.2. The molecule has 0 saturated heterocycles. The number of rotatable bonds is 3. The summed E-state index contributed by atoms with van der Waals surface area (Å²) in [5, 5.41) is 9.04. The average Bonchev–Trinajstić information content (AvgIpc) is 2.40. The lowest BCUT2D eigenvalue weighted by Gasteiger charge is -2.09.